The van der Waals surface area contributed by atoms with E-state index in [0.717, 1.165) is 22.3 Å². The summed E-state index contributed by atoms with van der Waals surface area (Å²) < 4.78 is 6.37. The monoisotopic (exact) mass is 684 g/mol. The predicted octanol–water partition coefficient (Wildman–Crippen LogP) is 13.1. The Morgan fingerprint density at radius 1 is 0.408 bits per heavy atom. The van der Waals surface area contributed by atoms with Crippen LogP contribution in [0.3, 0.4) is 0 Å². The molecular formula is C45H65O3P. The van der Waals surface area contributed by atoms with Gasteiger partial charge in [0.05, 0.1) is 0 Å². The number of hydrogen-bond donors (Lipinski definition) is 2. The lowest BCUT2D eigenvalue weighted by Gasteiger charge is -2.34. The maximum absolute atomic E-state index is 10.7. The van der Waals surface area contributed by atoms with E-state index in [0.29, 0.717) is 0 Å². The summed E-state index contributed by atoms with van der Waals surface area (Å²) in [7, 11) is -2.67. The predicted molar refractivity (Wildman–Crippen MR) is 214 cm³/mol. The summed E-state index contributed by atoms with van der Waals surface area (Å²) in [6.07, 6.45) is -0.691. The molecule has 268 valence electrons. The Balaban J connectivity index is 2.25. The molecule has 0 fully saturated rings. The summed E-state index contributed by atoms with van der Waals surface area (Å²) >= 11 is 0. The molecule has 2 N–H and O–H groups in total. The molecule has 0 bridgehead atoms. The van der Waals surface area contributed by atoms with Gasteiger partial charge >= 0.3 is 8.60 Å². The summed E-state index contributed by atoms with van der Waals surface area (Å²) in [6, 6.07) is 18.7. The average Bonchev–Trinajstić information content (AvgIpc) is 2.90. The third kappa shape index (κ3) is 8.44. The van der Waals surface area contributed by atoms with Crippen molar-refractivity contribution in [2.45, 2.75) is 163 Å². The maximum Gasteiger partial charge on any atom is 0.327 e. The van der Waals surface area contributed by atoms with E-state index in [4.69, 9.17) is 4.52 Å². The van der Waals surface area contributed by atoms with Crippen molar-refractivity contribution < 1.29 is 14.3 Å². The Labute approximate surface area is 299 Å². The van der Waals surface area contributed by atoms with Crippen molar-refractivity contribution >= 4 is 30.1 Å². The summed E-state index contributed by atoms with van der Waals surface area (Å²) in [5, 5.41) is 4.78. The molecule has 4 aromatic rings. The molecule has 0 radical (unpaired) electrons. The van der Waals surface area contributed by atoms with Gasteiger partial charge in [0.25, 0.3) is 0 Å². The molecular weight excluding hydrogens is 619 g/mol. The summed E-state index contributed by atoms with van der Waals surface area (Å²) in [6.45, 7) is 40.8. The minimum Gasteiger partial charge on any atom is -0.328 e. The Kier molecular flexibility index (Phi) is 10.3. The zero-order chi connectivity index (χ0) is 37.4. The minimum atomic E-state index is -2.67. The molecule has 0 unspecified atom stereocenters. The molecule has 0 saturated carbocycles. The van der Waals surface area contributed by atoms with Gasteiger partial charge in [-0.15, -0.1) is 0 Å². The Morgan fingerprint density at radius 3 is 0.959 bits per heavy atom. The van der Waals surface area contributed by atoms with Crippen molar-refractivity contribution in [3.8, 4) is 0 Å². The normalized spacial score (nSPS) is 14.2. The summed E-state index contributed by atoms with van der Waals surface area (Å²) in [5.41, 5.74) is 8.74. The number of rotatable bonds is 4. The van der Waals surface area contributed by atoms with E-state index in [-0.39, 0.29) is 32.5 Å². The van der Waals surface area contributed by atoms with Gasteiger partial charge in [-0.1, -0.05) is 161 Å². The van der Waals surface area contributed by atoms with Gasteiger partial charge in [0.15, 0.2) is 0 Å². The van der Waals surface area contributed by atoms with Crippen LogP contribution in [0.2, 0.25) is 0 Å². The maximum atomic E-state index is 10.7. The van der Waals surface area contributed by atoms with Crippen LogP contribution in [0.4, 0.5) is 0 Å². The van der Waals surface area contributed by atoms with Crippen LogP contribution in [0, 0.1) is 0 Å². The number of benzene rings is 4. The summed E-state index contributed by atoms with van der Waals surface area (Å²) in [5.74, 6) is 0. The molecule has 0 atom stereocenters. The largest absolute Gasteiger partial charge is 0.328 e. The molecule has 0 aliphatic carbocycles. The third-order valence-corrected chi connectivity index (χ3v) is 10.4. The quantitative estimate of drug-likeness (QED) is 0.210. The van der Waals surface area contributed by atoms with Crippen LogP contribution in [-0.4, -0.2) is 9.79 Å². The molecule has 49 heavy (non-hydrogen) atoms. The van der Waals surface area contributed by atoms with Crippen LogP contribution in [0.5, 0.6) is 0 Å². The molecule has 0 amide bonds. The van der Waals surface area contributed by atoms with Crippen molar-refractivity contribution in [2.24, 2.45) is 0 Å². The van der Waals surface area contributed by atoms with Crippen molar-refractivity contribution in [2.75, 3.05) is 0 Å². The lowest BCUT2D eigenvalue weighted by atomic mass is 9.73. The van der Waals surface area contributed by atoms with Gasteiger partial charge in [0, 0.05) is 0 Å². The first-order valence-electron chi connectivity index (χ1n) is 18.0. The smallest absolute Gasteiger partial charge is 0.327 e. The highest BCUT2D eigenvalue weighted by Gasteiger charge is 2.34. The molecule has 3 nitrogen and oxygen atoms in total. The van der Waals surface area contributed by atoms with Gasteiger partial charge in [-0.05, 0) is 111 Å². The van der Waals surface area contributed by atoms with Crippen LogP contribution >= 0.6 is 8.60 Å². The third-order valence-electron chi connectivity index (χ3n) is 9.97. The SMILES string of the molecule is CC(C)(C)c1cc(C(C)(C)C)c2cc(C(OP(O)O)c3cc4c(C(C)(C)C)cc(C(C)(C)C)cc4cc3C(C)(C)C)c(C(C)(C)C)cc2c1. The standard InChI is InChI=1S/C45H65O3P/c1-40(2,3)29-19-27-21-35(42(7,8)9)33(25-31(27)37(23-29)44(13,14)15)39(48-49(46)47)34-26-32-28(22-36(34)43(10,11)12)20-30(41(4,5)6)24-38(32)45(16,17)18/h19-26,39,46-47H,1-18H3. The molecule has 0 aliphatic rings. The Bertz CT molecular complexity index is 1720. The Hall–Kier alpha value is -2.29. The first-order chi connectivity index (χ1) is 21.9. The van der Waals surface area contributed by atoms with Crippen molar-refractivity contribution in [1.82, 2.24) is 0 Å². The van der Waals surface area contributed by atoms with E-state index in [2.05, 4.69) is 173 Å². The van der Waals surface area contributed by atoms with E-state index in [1.54, 1.807) is 0 Å². The van der Waals surface area contributed by atoms with Gasteiger partial charge in [0.2, 0.25) is 0 Å². The number of fused-ring (bicyclic) bond motifs is 2. The van der Waals surface area contributed by atoms with E-state index in [1.807, 2.05) is 0 Å². The van der Waals surface area contributed by atoms with Gasteiger partial charge in [-0.2, -0.15) is 0 Å². The molecule has 0 saturated heterocycles. The van der Waals surface area contributed by atoms with Gasteiger partial charge in [-0.3, -0.25) is 4.52 Å². The Morgan fingerprint density at radius 2 is 0.714 bits per heavy atom. The first kappa shape index (κ1) is 39.5. The van der Waals surface area contributed by atoms with Crippen LogP contribution in [-0.2, 0) is 37.0 Å². The van der Waals surface area contributed by atoms with Gasteiger partial charge in [-0.25, -0.2) is 0 Å². The molecule has 0 aliphatic heterocycles. The zero-order valence-corrected chi connectivity index (χ0v) is 34.8. The average molecular weight is 685 g/mol. The molecule has 0 aromatic heterocycles. The highest BCUT2D eigenvalue weighted by atomic mass is 31.2. The van der Waals surface area contributed by atoms with E-state index in [9.17, 15) is 9.79 Å². The fourth-order valence-electron chi connectivity index (χ4n) is 7.07. The lowest BCUT2D eigenvalue weighted by Crippen LogP contribution is -2.23. The molecule has 0 heterocycles. The van der Waals surface area contributed by atoms with Crippen molar-refractivity contribution in [3.05, 3.63) is 93.0 Å². The van der Waals surface area contributed by atoms with Gasteiger partial charge < -0.3 is 9.79 Å². The van der Waals surface area contributed by atoms with E-state index < -0.39 is 14.7 Å². The van der Waals surface area contributed by atoms with Crippen LogP contribution in [0.15, 0.2) is 48.5 Å². The lowest BCUT2D eigenvalue weighted by molar-refractivity contribution is 0.200. The van der Waals surface area contributed by atoms with Crippen LogP contribution < -0.4 is 0 Å². The molecule has 4 rings (SSSR count). The highest BCUT2D eigenvalue weighted by Crippen LogP contribution is 2.49. The molecule has 0 spiro atoms. The fourth-order valence-corrected chi connectivity index (χ4v) is 7.49. The second kappa shape index (κ2) is 12.7. The van der Waals surface area contributed by atoms with Crippen molar-refractivity contribution in [1.29, 1.82) is 0 Å². The second-order valence-electron chi connectivity index (χ2n) is 20.6. The first-order valence-corrected chi connectivity index (χ1v) is 19.2. The fraction of sp³-hybridized carbons (Fsp3) is 0.556. The zero-order valence-electron chi connectivity index (χ0n) is 33.9. The van der Waals surface area contributed by atoms with Crippen LogP contribution in [0.25, 0.3) is 21.5 Å². The summed E-state index contributed by atoms with van der Waals surface area (Å²) in [4.78, 5) is 21.4. The van der Waals surface area contributed by atoms with Crippen molar-refractivity contribution in [3.63, 3.8) is 0 Å². The van der Waals surface area contributed by atoms with E-state index >= 15 is 0 Å². The molecule has 4 heteroatoms. The molecule has 4 aromatic carbocycles. The minimum absolute atomic E-state index is 0.00562. The van der Waals surface area contributed by atoms with Gasteiger partial charge in [0.1, 0.15) is 6.10 Å². The van der Waals surface area contributed by atoms with E-state index in [1.165, 1.54) is 43.8 Å². The number of hydrogen-bond acceptors (Lipinski definition) is 3. The topological polar surface area (TPSA) is 49.7 Å². The highest BCUT2D eigenvalue weighted by molar-refractivity contribution is 7.39. The van der Waals surface area contributed by atoms with Crippen LogP contribution in [0.1, 0.15) is 175 Å². The second-order valence-corrected chi connectivity index (χ2v) is 21.3.